The number of non-ortho nitro benzene ring substituents is 1. The first kappa shape index (κ1) is 18.3. The third-order valence-electron chi connectivity index (χ3n) is 4.31. The van der Waals surface area contributed by atoms with Gasteiger partial charge in [-0.2, -0.15) is 0 Å². The average molecular weight is 366 g/mol. The van der Waals surface area contributed by atoms with Crippen LogP contribution in [0.25, 0.3) is 6.08 Å². The van der Waals surface area contributed by atoms with Crippen LogP contribution in [0.5, 0.6) is 0 Å². The van der Waals surface area contributed by atoms with Crippen molar-refractivity contribution in [3.8, 4) is 0 Å². The van der Waals surface area contributed by atoms with Crippen LogP contribution in [0.3, 0.4) is 0 Å². The van der Waals surface area contributed by atoms with E-state index in [4.69, 9.17) is 4.74 Å². The third-order valence-corrected chi connectivity index (χ3v) is 4.31. The van der Waals surface area contributed by atoms with Gasteiger partial charge in [0.05, 0.1) is 4.92 Å². The predicted molar refractivity (Wildman–Crippen MR) is 100 cm³/mol. The molecular formula is C20H18N2O5. The number of nitrogens with zero attached hydrogens (tertiary/aromatic N) is 2. The van der Waals surface area contributed by atoms with Gasteiger partial charge in [-0.05, 0) is 48.7 Å². The Kier molecular flexibility index (Phi) is 5.30. The van der Waals surface area contributed by atoms with E-state index < -0.39 is 17.0 Å². The highest BCUT2D eigenvalue weighted by molar-refractivity contribution is 6.00. The largest absolute Gasteiger partial charge is 0.449 e. The first-order chi connectivity index (χ1) is 13.0. The molecule has 7 nitrogen and oxygen atoms in total. The van der Waals surface area contributed by atoms with Crippen molar-refractivity contribution in [2.45, 2.75) is 19.4 Å². The molecule has 0 saturated heterocycles. The molecule has 0 radical (unpaired) electrons. The van der Waals surface area contributed by atoms with Crippen LogP contribution < -0.4 is 4.90 Å². The van der Waals surface area contributed by atoms with Gasteiger partial charge in [0.25, 0.3) is 11.6 Å². The van der Waals surface area contributed by atoms with E-state index in [0.717, 1.165) is 17.7 Å². The summed E-state index contributed by atoms with van der Waals surface area (Å²) in [4.78, 5) is 36.3. The van der Waals surface area contributed by atoms with E-state index in [1.807, 2.05) is 24.3 Å². The molecular weight excluding hydrogens is 348 g/mol. The summed E-state index contributed by atoms with van der Waals surface area (Å²) in [6.07, 6.45) is 2.55. The molecule has 1 heterocycles. The Morgan fingerprint density at radius 1 is 1.19 bits per heavy atom. The topological polar surface area (TPSA) is 89.7 Å². The molecule has 0 spiro atoms. The van der Waals surface area contributed by atoms with E-state index in [1.54, 1.807) is 11.8 Å². The number of nitro groups is 1. The maximum Gasteiger partial charge on any atom is 0.331 e. The molecule has 27 heavy (non-hydrogen) atoms. The summed E-state index contributed by atoms with van der Waals surface area (Å²) in [5.41, 5.74) is 2.54. The van der Waals surface area contributed by atoms with E-state index in [1.165, 1.54) is 36.4 Å². The molecule has 0 aromatic heterocycles. The van der Waals surface area contributed by atoms with Crippen molar-refractivity contribution in [3.05, 3.63) is 75.8 Å². The Bertz CT molecular complexity index is 905. The monoisotopic (exact) mass is 366 g/mol. The molecule has 138 valence electrons. The molecule has 0 unspecified atom stereocenters. The lowest BCUT2D eigenvalue weighted by molar-refractivity contribution is -0.384. The standard InChI is InChI=1S/C20H18N2O5/c1-14(20(24)21-13-12-16-4-2-3-5-18(16)21)27-19(23)11-8-15-6-9-17(10-7-15)22(25)26/h2-11,14H,12-13H2,1H3/b11-8+/t14-/m1/s1. The number of ether oxygens (including phenoxy) is 1. The number of anilines is 1. The van der Waals surface area contributed by atoms with Gasteiger partial charge in [-0.3, -0.25) is 14.9 Å². The smallest absolute Gasteiger partial charge is 0.331 e. The predicted octanol–water partition coefficient (Wildman–Crippen LogP) is 3.13. The van der Waals surface area contributed by atoms with Gasteiger partial charge < -0.3 is 9.64 Å². The SMILES string of the molecule is C[C@@H](OC(=O)/C=C/c1ccc([N+](=O)[O-])cc1)C(=O)N1CCc2ccccc21. The van der Waals surface area contributed by atoms with Crippen molar-refractivity contribution >= 4 is 29.3 Å². The molecule has 1 aliphatic rings. The van der Waals surface area contributed by atoms with Gasteiger partial charge in [0.2, 0.25) is 0 Å². The van der Waals surface area contributed by atoms with Crippen molar-refractivity contribution in [2.24, 2.45) is 0 Å². The van der Waals surface area contributed by atoms with Gasteiger partial charge in [0.1, 0.15) is 0 Å². The fourth-order valence-electron chi connectivity index (χ4n) is 2.92. The maximum absolute atomic E-state index is 12.6. The van der Waals surface area contributed by atoms with Crippen molar-refractivity contribution in [1.82, 2.24) is 0 Å². The quantitative estimate of drug-likeness (QED) is 0.351. The van der Waals surface area contributed by atoms with Crippen LogP contribution in [-0.2, 0) is 20.7 Å². The second kappa shape index (κ2) is 7.82. The molecule has 1 amide bonds. The molecule has 0 aliphatic carbocycles. The highest BCUT2D eigenvalue weighted by atomic mass is 16.6. The Balaban J connectivity index is 1.59. The number of hydrogen-bond acceptors (Lipinski definition) is 5. The molecule has 0 bridgehead atoms. The van der Waals surface area contributed by atoms with E-state index in [9.17, 15) is 19.7 Å². The van der Waals surface area contributed by atoms with Gasteiger partial charge in [-0.25, -0.2) is 4.79 Å². The number of carbonyl (C=O) groups is 2. The van der Waals surface area contributed by atoms with Crippen LogP contribution in [-0.4, -0.2) is 29.4 Å². The molecule has 3 rings (SSSR count). The number of esters is 1. The van der Waals surface area contributed by atoms with E-state index in [-0.39, 0.29) is 11.6 Å². The molecule has 0 saturated carbocycles. The van der Waals surface area contributed by atoms with Crippen LogP contribution in [0.2, 0.25) is 0 Å². The molecule has 1 aliphatic heterocycles. The fourth-order valence-corrected chi connectivity index (χ4v) is 2.92. The van der Waals surface area contributed by atoms with Crippen LogP contribution in [0.15, 0.2) is 54.6 Å². The summed E-state index contributed by atoms with van der Waals surface area (Å²) in [5, 5.41) is 10.6. The Morgan fingerprint density at radius 2 is 1.89 bits per heavy atom. The highest BCUT2D eigenvalue weighted by Gasteiger charge is 2.29. The Morgan fingerprint density at radius 3 is 2.59 bits per heavy atom. The number of hydrogen-bond donors (Lipinski definition) is 0. The summed E-state index contributed by atoms with van der Waals surface area (Å²) in [6.45, 7) is 2.11. The first-order valence-corrected chi connectivity index (χ1v) is 8.48. The minimum Gasteiger partial charge on any atom is -0.449 e. The summed E-state index contributed by atoms with van der Waals surface area (Å²) < 4.78 is 5.20. The Labute approximate surface area is 156 Å². The van der Waals surface area contributed by atoms with Gasteiger partial charge >= 0.3 is 5.97 Å². The average Bonchev–Trinajstić information content (AvgIpc) is 3.10. The first-order valence-electron chi connectivity index (χ1n) is 8.48. The lowest BCUT2D eigenvalue weighted by Gasteiger charge is -2.21. The minimum atomic E-state index is -0.912. The highest BCUT2D eigenvalue weighted by Crippen LogP contribution is 2.28. The van der Waals surface area contributed by atoms with E-state index >= 15 is 0 Å². The maximum atomic E-state index is 12.6. The van der Waals surface area contributed by atoms with Gasteiger partial charge in [-0.15, -0.1) is 0 Å². The van der Waals surface area contributed by atoms with Crippen molar-refractivity contribution in [3.63, 3.8) is 0 Å². The zero-order valence-corrected chi connectivity index (χ0v) is 14.7. The zero-order valence-electron chi connectivity index (χ0n) is 14.7. The Hall–Kier alpha value is -3.48. The second-order valence-corrected chi connectivity index (χ2v) is 6.13. The summed E-state index contributed by atoms with van der Waals surface area (Å²) >= 11 is 0. The normalized spacial score (nSPS) is 14.0. The second-order valence-electron chi connectivity index (χ2n) is 6.13. The molecule has 2 aromatic rings. The van der Waals surface area contributed by atoms with Crippen molar-refractivity contribution in [1.29, 1.82) is 0 Å². The molecule has 2 aromatic carbocycles. The van der Waals surface area contributed by atoms with Crippen molar-refractivity contribution < 1.29 is 19.2 Å². The number of carbonyl (C=O) groups excluding carboxylic acids is 2. The molecule has 7 heteroatoms. The molecule has 0 fully saturated rings. The number of benzene rings is 2. The van der Waals surface area contributed by atoms with Crippen LogP contribution in [0.4, 0.5) is 11.4 Å². The van der Waals surface area contributed by atoms with Crippen molar-refractivity contribution in [2.75, 3.05) is 11.4 Å². The van der Waals surface area contributed by atoms with Crippen LogP contribution in [0.1, 0.15) is 18.1 Å². The number of amides is 1. The lowest BCUT2D eigenvalue weighted by atomic mass is 10.2. The number of para-hydroxylation sites is 1. The van der Waals surface area contributed by atoms with Crippen LogP contribution >= 0.6 is 0 Å². The van der Waals surface area contributed by atoms with Gasteiger partial charge in [0.15, 0.2) is 6.10 Å². The van der Waals surface area contributed by atoms with E-state index in [2.05, 4.69) is 0 Å². The van der Waals surface area contributed by atoms with Gasteiger partial charge in [0, 0.05) is 30.4 Å². The lowest BCUT2D eigenvalue weighted by Crippen LogP contribution is -2.38. The van der Waals surface area contributed by atoms with Gasteiger partial charge in [-0.1, -0.05) is 18.2 Å². The molecule has 1 atom stereocenters. The summed E-state index contributed by atoms with van der Waals surface area (Å²) in [6, 6.07) is 13.4. The van der Waals surface area contributed by atoms with E-state index in [0.29, 0.717) is 12.1 Å². The third kappa shape index (κ3) is 4.20. The molecule has 0 N–H and O–H groups in total. The summed E-state index contributed by atoms with van der Waals surface area (Å²) in [7, 11) is 0. The van der Waals surface area contributed by atoms with Crippen LogP contribution in [0, 0.1) is 10.1 Å². The minimum absolute atomic E-state index is 0.0279. The summed E-state index contributed by atoms with van der Waals surface area (Å²) in [5.74, 6) is -0.918. The number of nitro benzene ring substituents is 1. The fraction of sp³-hybridized carbons (Fsp3) is 0.200. The number of fused-ring (bicyclic) bond motifs is 1. The zero-order chi connectivity index (χ0) is 19.4. The number of rotatable bonds is 5.